The highest BCUT2D eigenvalue weighted by molar-refractivity contribution is 7.12. The minimum atomic E-state index is 0.00534. The van der Waals surface area contributed by atoms with Crippen molar-refractivity contribution in [1.29, 1.82) is 0 Å². The van der Waals surface area contributed by atoms with E-state index in [1.54, 1.807) is 0 Å². The Bertz CT molecular complexity index is 544. The number of ether oxygens (including phenoxy) is 1. The van der Waals surface area contributed by atoms with E-state index >= 15 is 0 Å². The predicted molar refractivity (Wildman–Crippen MR) is 70.2 cm³/mol. The van der Waals surface area contributed by atoms with Gasteiger partial charge in [0.05, 0.1) is 12.3 Å². The minimum Gasteiger partial charge on any atom is -0.381 e. The van der Waals surface area contributed by atoms with Gasteiger partial charge in [0.25, 0.3) is 0 Å². The number of rotatable bonds is 3. The van der Waals surface area contributed by atoms with Gasteiger partial charge in [-0.15, -0.1) is 11.3 Å². The standard InChI is InChI=1S/C14H13NO2S/c16-13(10-4-2-1-3-5-10)14-15-12(9-18-14)11-6-7-17-8-11/h1-5,9,11H,6-8H2. The predicted octanol–water partition coefficient (Wildman–Crippen LogP) is 2.88. The van der Waals surface area contributed by atoms with Crippen molar-refractivity contribution in [2.24, 2.45) is 0 Å². The Hall–Kier alpha value is -1.52. The first-order chi connectivity index (χ1) is 8.84. The van der Waals surface area contributed by atoms with Crippen molar-refractivity contribution in [3.63, 3.8) is 0 Å². The molecule has 0 amide bonds. The summed E-state index contributed by atoms with van der Waals surface area (Å²) in [5, 5.41) is 2.55. The largest absolute Gasteiger partial charge is 0.381 e. The highest BCUT2D eigenvalue weighted by Gasteiger charge is 2.22. The maximum Gasteiger partial charge on any atom is 0.221 e. The maximum atomic E-state index is 12.2. The van der Waals surface area contributed by atoms with Crippen LogP contribution in [0.3, 0.4) is 0 Å². The highest BCUT2D eigenvalue weighted by atomic mass is 32.1. The van der Waals surface area contributed by atoms with Gasteiger partial charge in [0.1, 0.15) is 0 Å². The lowest BCUT2D eigenvalue weighted by molar-refractivity contribution is 0.103. The van der Waals surface area contributed by atoms with E-state index in [2.05, 4.69) is 4.98 Å². The molecule has 2 aromatic rings. The Morgan fingerprint density at radius 2 is 2.17 bits per heavy atom. The first-order valence-corrected chi connectivity index (χ1v) is 6.85. The first-order valence-electron chi connectivity index (χ1n) is 5.97. The molecule has 0 spiro atoms. The Balaban J connectivity index is 1.83. The lowest BCUT2D eigenvalue weighted by Gasteiger charge is -2.01. The third kappa shape index (κ3) is 2.21. The number of aromatic nitrogens is 1. The normalized spacial score (nSPS) is 19.0. The Morgan fingerprint density at radius 3 is 2.89 bits per heavy atom. The van der Waals surface area contributed by atoms with Crippen LogP contribution in [-0.2, 0) is 4.74 Å². The zero-order valence-corrected chi connectivity index (χ0v) is 10.7. The van der Waals surface area contributed by atoms with Gasteiger partial charge in [-0.3, -0.25) is 4.79 Å². The smallest absolute Gasteiger partial charge is 0.221 e. The molecule has 1 aromatic heterocycles. The van der Waals surface area contributed by atoms with Crippen LogP contribution in [0.15, 0.2) is 35.7 Å². The molecule has 4 heteroatoms. The molecule has 1 fully saturated rings. The van der Waals surface area contributed by atoms with Crippen LogP contribution in [-0.4, -0.2) is 24.0 Å². The summed E-state index contributed by atoms with van der Waals surface area (Å²) in [6, 6.07) is 9.28. The molecule has 1 unspecified atom stereocenters. The van der Waals surface area contributed by atoms with Crippen LogP contribution in [0, 0.1) is 0 Å². The molecule has 0 N–H and O–H groups in total. The molecule has 3 rings (SSSR count). The van der Waals surface area contributed by atoms with Crippen LogP contribution in [0.2, 0.25) is 0 Å². The van der Waals surface area contributed by atoms with Crippen LogP contribution < -0.4 is 0 Å². The summed E-state index contributed by atoms with van der Waals surface area (Å²) in [5.41, 5.74) is 1.69. The molecule has 1 aliphatic rings. The number of carbonyl (C=O) groups excluding carboxylic acids is 1. The van der Waals surface area contributed by atoms with Crippen molar-refractivity contribution >= 4 is 17.1 Å². The molecule has 18 heavy (non-hydrogen) atoms. The Kier molecular flexibility index (Phi) is 3.21. The van der Waals surface area contributed by atoms with Gasteiger partial charge in [-0.25, -0.2) is 4.98 Å². The summed E-state index contributed by atoms with van der Waals surface area (Å²) in [4.78, 5) is 16.6. The van der Waals surface area contributed by atoms with Gasteiger partial charge in [0.15, 0.2) is 5.01 Å². The van der Waals surface area contributed by atoms with E-state index < -0.39 is 0 Å². The molecule has 0 bridgehead atoms. The molecular formula is C14H13NO2S. The van der Waals surface area contributed by atoms with Gasteiger partial charge in [-0.05, 0) is 6.42 Å². The average molecular weight is 259 g/mol. The van der Waals surface area contributed by atoms with E-state index in [0.29, 0.717) is 16.5 Å². The quantitative estimate of drug-likeness (QED) is 0.796. The molecule has 92 valence electrons. The highest BCUT2D eigenvalue weighted by Crippen LogP contribution is 2.27. The van der Waals surface area contributed by atoms with E-state index in [-0.39, 0.29) is 5.78 Å². The molecule has 3 nitrogen and oxygen atoms in total. The average Bonchev–Trinajstić information content (AvgIpc) is 3.09. The van der Waals surface area contributed by atoms with E-state index in [1.807, 2.05) is 35.7 Å². The number of carbonyl (C=O) groups is 1. The fourth-order valence-electron chi connectivity index (χ4n) is 2.06. The SMILES string of the molecule is O=C(c1ccccc1)c1nc(C2CCOC2)cs1. The summed E-state index contributed by atoms with van der Waals surface area (Å²) in [7, 11) is 0. The van der Waals surface area contributed by atoms with Crippen molar-refractivity contribution in [2.45, 2.75) is 12.3 Å². The second-order valence-corrected chi connectivity index (χ2v) is 5.19. The third-order valence-corrected chi connectivity index (χ3v) is 3.96. The van der Waals surface area contributed by atoms with Crippen LogP contribution in [0.5, 0.6) is 0 Å². The zero-order chi connectivity index (χ0) is 12.4. The summed E-state index contributed by atoms with van der Waals surface area (Å²) >= 11 is 1.42. The van der Waals surface area contributed by atoms with Gasteiger partial charge >= 0.3 is 0 Å². The monoisotopic (exact) mass is 259 g/mol. The molecule has 1 atom stereocenters. The lowest BCUT2D eigenvalue weighted by Crippen LogP contribution is -2.03. The maximum absolute atomic E-state index is 12.2. The van der Waals surface area contributed by atoms with E-state index in [1.165, 1.54) is 11.3 Å². The second-order valence-electron chi connectivity index (χ2n) is 4.33. The molecular weight excluding hydrogens is 246 g/mol. The van der Waals surface area contributed by atoms with E-state index in [0.717, 1.165) is 25.3 Å². The molecule has 1 saturated heterocycles. The van der Waals surface area contributed by atoms with E-state index in [9.17, 15) is 4.79 Å². The first kappa shape index (κ1) is 11.6. The zero-order valence-electron chi connectivity index (χ0n) is 9.83. The summed E-state index contributed by atoms with van der Waals surface area (Å²) in [5.74, 6) is 0.365. The lowest BCUT2D eigenvalue weighted by atomic mass is 10.1. The molecule has 1 aromatic carbocycles. The van der Waals surface area contributed by atoms with Gasteiger partial charge < -0.3 is 4.74 Å². The third-order valence-electron chi connectivity index (χ3n) is 3.10. The van der Waals surface area contributed by atoms with Crippen molar-refractivity contribution in [3.05, 3.63) is 52.0 Å². The Labute approximate surface area is 109 Å². The van der Waals surface area contributed by atoms with Crippen molar-refractivity contribution in [2.75, 3.05) is 13.2 Å². The van der Waals surface area contributed by atoms with Crippen LogP contribution in [0.1, 0.15) is 33.4 Å². The number of benzene rings is 1. The van der Waals surface area contributed by atoms with Crippen molar-refractivity contribution in [1.82, 2.24) is 4.98 Å². The van der Waals surface area contributed by atoms with Crippen LogP contribution in [0.25, 0.3) is 0 Å². The van der Waals surface area contributed by atoms with Gasteiger partial charge in [-0.2, -0.15) is 0 Å². The topological polar surface area (TPSA) is 39.2 Å². The second kappa shape index (κ2) is 5.00. The molecule has 0 radical (unpaired) electrons. The van der Waals surface area contributed by atoms with E-state index in [4.69, 9.17) is 4.74 Å². The minimum absolute atomic E-state index is 0.00534. The fraction of sp³-hybridized carbons (Fsp3) is 0.286. The molecule has 0 aliphatic carbocycles. The summed E-state index contributed by atoms with van der Waals surface area (Å²) in [6.07, 6.45) is 1.00. The van der Waals surface area contributed by atoms with Crippen LogP contribution >= 0.6 is 11.3 Å². The number of nitrogens with zero attached hydrogens (tertiary/aromatic N) is 1. The number of hydrogen-bond acceptors (Lipinski definition) is 4. The van der Waals surface area contributed by atoms with Crippen molar-refractivity contribution in [3.8, 4) is 0 Å². The number of hydrogen-bond donors (Lipinski definition) is 0. The Morgan fingerprint density at radius 1 is 1.33 bits per heavy atom. The molecule has 2 heterocycles. The van der Waals surface area contributed by atoms with Gasteiger partial charge in [0, 0.05) is 23.5 Å². The molecule has 0 saturated carbocycles. The van der Waals surface area contributed by atoms with Crippen molar-refractivity contribution < 1.29 is 9.53 Å². The van der Waals surface area contributed by atoms with Gasteiger partial charge in [-0.1, -0.05) is 30.3 Å². The number of thiazole rings is 1. The van der Waals surface area contributed by atoms with Gasteiger partial charge in [0.2, 0.25) is 5.78 Å². The summed E-state index contributed by atoms with van der Waals surface area (Å²) in [6.45, 7) is 1.52. The number of ketones is 1. The molecule has 1 aliphatic heterocycles. The van der Waals surface area contributed by atoms with Crippen LogP contribution in [0.4, 0.5) is 0 Å². The fourth-order valence-corrected chi connectivity index (χ4v) is 2.92. The summed E-state index contributed by atoms with van der Waals surface area (Å²) < 4.78 is 5.35.